The smallest absolute Gasteiger partial charge is 0.282 e. The van der Waals surface area contributed by atoms with Crippen LogP contribution in [0.5, 0.6) is 0 Å². The number of rotatable bonds is 3. The minimum Gasteiger partial charge on any atom is -0.282 e. The van der Waals surface area contributed by atoms with Gasteiger partial charge in [0.05, 0.1) is 11.6 Å². The molecule has 0 aliphatic rings. The number of nitrogens with one attached hydrogen (secondary N) is 1. The monoisotopic (exact) mass is 292 g/mol. The lowest BCUT2D eigenvalue weighted by molar-refractivity contribution is -0.138. The third kappa shape index (κ3) is 3.61. The standard InChI is InChI=1S/C11H11F3N2O2S/c1-7-3-4-9(5-10(7)11(12,13)14)16-19(17,18)8(2)6-15/h3-5,8,16H,1-2H3. The van der Waals surface area contributed by atoms with E-state index in [-0.39, 0.29) is 11.3 Å². The van der Waals surface area contributed by atoms with Crippen LogP contribution in [-0.2, 0) is 16.2 Å². The molecule has 0 aliphatic carbocycles. The summed E-state index contributed by atoms with van der Waals surface area (Å²) in [7, 11) is -4.02. The number of halogens is 3. The highest BCUT2D eigenvalue weighted by atomic mass is 32.2. The average Bonchev–Trinajstić information content (AvgIpc) is 2.28. The summed E-state index contributed by atoms with van der Waals surface area (Å²) in [5, 5.41) is 7.17. The van der Waals surface area contributed by atoms with Crippen LogP contribution in [0, 0.1) is 18.3 Å². The second kappa shape index (κ2) is 5.09. The second-order valence-electron chi connectivity index (χ2n) is 3.95. The number of nitriles is 1. The fourth-order valence-corrected chi connectivity index (χ4v) is 2.08. The van der Waals surface area contributed by atoms with Crippen molar-refractivity contribution in [1.29, 1.82) is 5.26 Å². The van der Waals surface area contributed by atoms with Crippen LogP contribution in [-0.4, -0.2) is 13.7 Å². The summed E-state index contributed by atoms with van der Waals surface area (Å²) in [6.45, 7) is 2.42. The van der Waals surface area contributed by atoms with E-state index in [0.717, 1.165) is 13.0 Å². The van der Waals surface area contributed by atoms with Gasteiger partial charge in [0.15, 0.2) is 5.25 Å². The predicted octanol–water partition coefficient (Wildman–Crippen LogP) is 2.67. The van der Waals surface area contributed by atoms with Crippen molar-refractivity contribution in [2.24, 2.45) is 0 Å². The molecule has 104 valence electrons. The van der Waals surface area contributed by atoms with E-state index in [1.54, 1.807) is 0 Å². The van der Waals surface area contributed by atoms with Crippen LogP contribution < -0.4 is 4.72 Å². The zero-order valence-electron chi connectivity index (χ0n) is 10.1. The second-order valence-corrected chi connectivity index (χ2v) is 5.95. The Hall–Kier alpha value is -1.75. The van der Waals surface area contributed by atoms with Crippen LogP contribution in [0.15, 0.2) is 18.2 Å². The maximum absolute atomic E-state index is 12.7. The van der Waals surface area contributed by atoms with Gasteiger partial charge < -0.3 is 0 Å². The van der Waals surface area contributed by atoms with Gasteiger partial charge in [-0.05, 0) is 31.5 Å². The number of alkyl halides is 3. The Morgan fingerprint density at radius 2 is 1.95 bits per heavy atom. The van der Waals surface area contributed by atoms with Gasteiger partial charge in [0.1, 0.15) is 0 Å². The summed E-state index contributed by atoms with van der Waals surface area (Å²) in [6.07, 6.45) is -4.56. The molecule has 0 saturated heterocycles. The van der Waals surface area contributed by atoms with Gasteiger partial charge >= 0.3 is 6.18 Å². The maximum atomic E-state index is 12.7. The van der Waals surface area contributed by atoms with Crippen molar-refractivity contribution in [1.82, 2.24) is 0 Å². The molecule has 1 atom stereocenters. The molecule has 0 spiro atoms. The first kappa shape index (κ1) is 15.3. The Morgan fingerprint density at radius 3 is 2.42 bits per heavy atom. The molecular weight excluding hydrogens is 281 g/mol. The Bertz CT molecular complexity index is 618. The molecule has 0 fully saturated rings. The van der Waals surface area contributed by atoms with Gasteiger partial charge in [-0.15, -0.1) is 0 Å². The highest BCUT2D eigenvalue weighted by Gasteiger charge is 2.33. The molecule has 0 saturated carbocycles. The fraction of sp³-hybridized carbons (Fsp3) is 0.364. The molecule has 1 rings (SSSR count). The first-order valence-corrected chi connectivity index (χ1v) is 6.71. The molecular formula is C11H11F3N2O2S. The van der Waals surface area contributed by atoms with Gasteiger partial charge in [0.2, 0.25) is 10.0 Å². The minimum absolute atomic E-state index is 0.0104. The number of hydrogen-bond acceptors (Lipinski definition) is 3. The molecule has 0 radical (unpaired) electrons. The van der Waals surface area contributed by atoms with E-state index in [9.17, 15) is 21.6 Å². The first-order chi connectivity index (χ1) is 8.58. The summed E-state index contributed by atoms with van der Waals surface area (Å²) >= 11 is 0. The molecule has 0 amide bonds. The summed E-state index contributed by atoms with van der Waals surface area (Å²) in [6, 6.07) is 4.59. The van der Waals surface area contributed by atoms with Gasteiger partial charge in [0, 0.05) is 5.69 Å². The van der Waals surface area contributed by atoms with E-state index < -0.39 is 27.0 Å². The van der Waals surface area contributed by atoms with Crippen LogP contribution >= 0.6 is 0 Å². The average molecular weight is 292 g/mol. The SMILES string of the molecule is Cc1ccc(NS(=O)(=O)C(C)C#N)cc1C(F)(F)F. The zero-order chi connectivity index (χ0) is 14.8. The molecule has 0 aromatic heterocycles. The Kier molecular flexibility index (Phi) is 4.10. The van der Waals surface area contributed by atoms with E-state index in [1.165, 1.54) is 19.1 Å². The topological polar surface area (TPSA) is 70.0 Å². The zero-order valence-corrected chi connectivity index (χ0v) is 10.9. The fourth-order valence-electron chi connectivity index (χ4n) is 1.31. The highest BCUT2D eigenvalue weighted by molar-refractivity contribution is 7.93. The van der Waals surface area contributed by atoms with E-state index in [0.29, 0.717) is 6.07 Å². The van der Waals surface area contributed by atoms with Crippen molar-refractivity contribution in [3.63, 3.8) is 0 Å². The number of sulfonamides is 1. The quantitative estimate of drug-likeness (QED) is 0.931. The van der Waals surface area contributed by atoms with Gasteiger partial charge in [0.25, 0.3) is 0 Å². The van der Waals surface area contributed by atoms with Crippen molar-refractivity contribution in [3.8, 4) is 6.07 Å². The number of aryl methyl sites for hydroxylation is 1. The summed E-state index contributed by atoms with van der Waals surface area (Å²) < 4.78 is 63.1. The lowest BCUT2D eigenvalue weighted by Gasteiger charge is -2.14. The Labute approximate surface area is 108 Å². The number of hydrogen-bond donors (Lipinski definition) is 1. The number of benzene rings is 1. The van der Waals surface area contributed by atoms with Crippen LogP contribution in [0.25, 0.3) is 0 Å². The van der Waals surface area contributed by atoms with Crippen LogP contribution in [0.2, 0.25) is 0 Å². The van der Waals surface area contributed by atoms with E-state index in [1.807, 2.05) is 4.72 Å². The van der Waals surface area contributed by atoms with Crippen molar-refractivity contribution in [3.05, 3.63) is 29.3 Å². The van der Waals surface area contributed by atoms with Gasteiger partial charge in [-0.1, -0.05) is 6.07 Å². The van der Waals surface area contributed by atoms with E-state index in [4.69, 9.17) is 5.26 Å². The predicted molar refractivity (Wildman–Crippen MR) is 63.8 cm³/mol. The highest BCUT2D eigenvalue weighted by Crippen LogP contribution is 2.33. The number of anilines is 1. The van der Waals surface area contributed by atoms with E-state index >= 15 is 0 Å². The van der Waals surface area contributed by atoms with Gasteiger partial charge in [-0.25, -0.2) is 8.42 Å². The van der Waals surface area contributed by atoms with Crippen molar-refractivity contribution in [2.45, 2.75) is 25.3 Å². The van der Waals surface area contributed by atoms with Crippen molar-refractivity contribution >= 4 is 15.7 Å². The third-order valence-electron chi connectivity index (χ3n) is 2.45. The first-order valence-electron chi connectivity index (χ1n) is 5.17. The lowest BCUT2D eigenvalue weighted by Crippen LogP contribution is -2.24. The molecule has 0 bridgehead atoms. The van der Waals surface area contributed by atoms with Crippen molar-refractivity contribution in [2.75, 3.05) is 4.72 Å². The minimum atomic E-state index is -4.56. The Morgan fingerprint density at radius 1 is 1.37 bits per heavy atom. The summed E-state index contributed by atoms with van der Waals surface area (Å²) in [5.41, 5.74) is -1.15. The largest absolute Gasteiger partial charge is 0.416 e. The number of nitrogens with zero attached hydrogens (tertiary/aromatic N) is 1. The summed E-state index contributed by atoms with van der Waals surface area (Å²) in [4.78, 5) is 0. The molecule has 19 heavy (non-hydrogen) atoms. The third-order valence-corrected chi connectivity index (χ3v) is 4.01. The van der Waals surface area contributed by atoms with Gasteiger partial charge in [-0.3, -0.25) is 4.72 Å². The molecule has 0 aliphatic heterocycles. The maximum Gasteiger partial charge on any atom is 0.416 e. The van der Waals surface area contributed by atoms with Crippen LogP contribution in [0.1, 0.15) is 18.1 Å². The molecule has 1 aromatic rings. The molecule has 1 unspecified atom stereocenters. The molecule has 0 heterocycles. The normalized spacial score (nSPS) is 13.7. The van der Waals surface area contributed by atoms with Gasteiger partial charge in [-0.2, -0.15) is 18.4 Å². The van der Waals surface area contributed by atoms with Crippen LogP contribution in [0.3, 0.4) is 0 Å². The molecule has 1 N–H and O–H groups in total. The van der Waals surface area contributed by atoms with Crippen LogP contribution in [0.4, 0.5) is 18.9 Å². The summed E-state index contributed by atoms with van der Waals surface area (Å²) in [5.74, 6) is 0. The van der Waals surface area contributed by atoms with E-state index in [2.05, 4.69) is 0 Å². The van der Waals surface area contributed by atoms with Crippen molar-refractivity contribution < 1.29 is 21.6 Å². The molecule has 8 heteroatoms. The molecule has 1 aromatic carbocycles. The Balaban J connectivity index is 3.16. The molecule has 4 nitrogen and oxygen atoms in total. The lowest BCUT2D eigenvalue weighted by atomic mass is 10.1.